The van der Waals surface area contributed by atoms with Crippen molar-refractivity contribution < 1.29 is 84.2 Å². The number of ether oxygens (including phenoxy) is 2. The fourth-order valence-electron chi connectivity index (χ4n) is 2.13. The van der Waals surface area contributed by atoms with Gasteiger partial charge in [0.05, 0.1) is 13.2 Å². The van der Waals surface area contributed by atoms with Crippen LogP contribution in [-0.4, -0.2) is 74.2 Å². The quantitative estimate of drug-likeness (QED) is 0.166. The number of phosphoric ester groups is 3. The smallest absolute Gasteiger partial charge is 0.464 e. The molecule has 1 fully saturated rings. The van der Waals surface area contributed by atoms with Crippen LogP contribution in [0.25, 0.3) is 0 Å². The average molecular weight is 552 g/mol. The molecular formula is C10H20O18P4. The van der Waals surface area contributed by atoms with Gasteiger partial charge in [-0.15, -0.1) is 0 Å². The molecule has 0 aliphatic carbocycles. The normalized spacial score (nSPS) is 33.2. The van der Waals surface area contributed by atoms with Crippen molar-refractivity contribution in [1.82, 2.24) is 0 Å². The van der Waals surface area contributed by atoms with E-state index in [9.17, 15) is 47.6 Å². The van der Waals surface area contributed by atoms with Crippen LogP contribution in [0.2, 0.25) is 0 Å². The molecule has 0 aromatic carbocycles. The second-order valence-electron chi connectivity index (χ2n) is 5.46. The van der Waals surface area contributed by atoms with Crippen molar-refractivity contribution >= 4 is 43.7 Å². The molecule has 0 aromatic rings. The second-order valence-corrected chi connectivity index (χ2v) is 10.8. The van der Waals surface area contributed by atoms with E-state index in [0.717, 1.165) is 0 Å². The highest BCUT2D eigenvalue weighted by Gasteiger charge is 2.55. The number of hydrogen-bond donors (Lipinski definition) is 5. The summed E-state index contributed by atoms with van der Waals surface area (Å²) in [6, 6.07) is 0. The van der Waals surface area contributed by atoms with Gasteiger partial charge in [-0.25, -0.2) is 27.6 Å². The largest absolute Gasteiger partial charge is 0.482 e. The maximum atomic E-state index is 12.2. The molecule has 18 nitrogen and oxygen atoms in total. The molecule has 0 radical (unpaired) electrons. The topological polar surface area (TPSA) is 268 Å². The first kappa shape index (κ1) is 29.5. The van der Waals surface area contributed by atoms with Gasteiger partial charge in [0.1, 0.15) is 12.2 Å². The zero-order chi connectivity index (χ0) is 24.9. The van der Waals surface area contributed by atoms with Gasteiger partial charge in [0, 0.05) is 0 Å². The highest BCUT2D eigenvalue weighted by molar-refractivity contribution is 7.61. The summed E-state index contributed by atoms with van der Waals surface area (Å²) in [7, 11) is -20.8. The predicted octanol–water partition coefficient (Wildman–Crippen LogP) is -0.641. The molecule has 32 heavy (non-hydrogen) atoms. The number of aliphatic hydroxyl groups is 1. The van der Waals surface area contributed by atoms with Gasteiger partial charge >= 0.3 is 43.7 Å². The monoisotopic (exact) mass is 552 g/mol. The van der Waals surface area contributed by atoms with Gasteiger partial charge in [0.2, 0.25) is 0 Å². The molecule has 188 valence electrons. The fourth-order valence-corrected chi connectivity index (χ4v) is 5.98. The highest BCUT2D eigenvalue weighted by Crippen LogP contribution is 2.64. The summed E-state index contributed by atoms with van der Waals surface area (Å²) in [5.41, 5.74) is 0. The van der Waals surface area contributed by atoms with Gasteiger partial charge in [-0.3, -0.25) is 18.1 Å². The number of carbonyl (C=O) groups excluding carboxylic acids is 2. The minimum Gasteiger partial charge on any atom is -0.464 e. The molecule has 5 N–H and O–H groups in total. The van der Waals surface area contributed by atoms with E-state index in [1.54, 1.807) is 0 Å². The van der Waals surface area contributed by atoms with Crippen LogP contribution >= 0.6 is 31.7 Å². The highest BCUT2D eigenvalue weighted by atomic mass is 31.3. The summed E-state index contributed by atoms with van der Waals surface area (Å²) in [5, 5.41) is 10.5. The number of esters is 2. The van der Waals surface area contributed by atoms with Crippen LogP contribution in [0.4, 0.5) is 0 Å². The van der Waals surface area contributed by atoms with E-state index < -0.39 is 74.7 Å². The van der Waals surface area contributed by atoms with Gasteiger partial charge < -0.3 is 34.2 Å². The Morgan fingerprint density at radius 3 is 2.16 bits per heavy atom. The number of phosphoric acid groups is 3. The van der Waals surface area contributed by atoms with E-state index in [-0.39, 0.29) is 6.61 Å². The molecule has 8 atom stereocenters. The molecule has 1 aliphatic heterocycles. The standard InChI is InChI=1S/C10H20O18P4/c1-3-22-9(12)7(25-30(16,17)27-29(14)15)5(11)6-8(10(13)23-4-2)26-32(20,21)28-31(18,19)24-6/h5-8,11,29H,3-4H2,1-2H3,(H,14,15)(H,16,17)(H,18,19)(H,20,21)/t5-,6+,7+,8-/m1/s1. The van der Waals surface area contributed by atoms with E-state index in [0.29, 0.717) is 0 Å². The number of carbonyl (C=O) groups is 2. The van der Waals surface area contributed by atoms with Gasteiger partial charge in [0.15, 0.2) is 12.2 Å². The molecule has 1 rings (SSSR count). The van der Waals surface area contributed by atoms with Crippen molar-refractivity contribution in [2.24, 2.45) is 0 Å². The summed E-state index contributed by atoms with van der Waals surface area (Å²) >= 11 is 0. The summed E-state index contributed by atoms with van der Waals surface area (Å²) in [5.74, 6) is -3.20. The molecule has 22 heteroatoms. The zero-order valence-corrected chi connectivity index (χ0v) is 19.8. The number of aliphatic hydroxyl groups excluding tert-OH is 1. The van der Waals surface area contributed by atoms with Gasteiger partial charge in [-0.2, -0.15) is 4.31 Å². The van der Waals surface area contributed by atoms with Gasteiger partial charge in [-0.1, -0.05) is 0 Å². The third kappa shape index (κ3) is 9.01. The van der Waals surface area contributed by atoms with Crippen molar-refractivity contribution in [1.29, 1.82) is 0 Å². The van der Waals surface area contributed by atoms with Crippen molar-refractivity contribution in [2.75, 3.05) is 13.2 Å². The molecule has 1 aliphatic rings. The summed E-state index contributed by atoms with van der Waals surface area (Å²) in [6.45, 7) is 1.77. The zero-order valence-electron chi connectivity index (χ0n) is 16.1. The van der Waals surface area contributed by atoms with Crippen molar-refractivity contribution in [3.63, 3.8) is 0 Å². The molecule has 1 heterocycles. The Hall–Kier alpha value is -0.540. The van der Waals surface area contributed by atoms with Crippen LogP contribution in [0.15, 0.2) is 0 Å². The summed E-state index contributed by atoms with van der Waals surface area (Å²) in [6.07, 6.45) is -10.6. The first-order chi connectivity index (χ1) is 14.5. The Balaban J connectivity index is 3.46. The Bertz CT molecular complexity index is 857. The third-order valence-electron chi connectivity index (χ3n) is 3.13. The van der Waals surface area contributed by atoms with E-state index in [1.165, 1.54) is 13.8 Å². The first-order valence-corrected chi connectivity index (χ1v) is 14.0. The first-order valence-electron chi connectivity index (χ1n) is 8.23. The van der Waals surface area contributed by atoms with E-state index >= 15 is 0 Å². The number of rotatable bonds is 10. The van der Waals surface area contributed by atoms with E-state index in [1.807, 2.05) is 0 Å². The van der Waals surface area contributed by atoms with Crippen LogP contribution < -0.4 is 0 Å². The maximum Gasteiger partial charge on any atom is 0.482 e. The van der Waals surface area contributed by atoms with Gasteiger partial charge in [0.25, 0.3) is 0 Å². The maximum absolute atomic E-state index is 12.2. The van der Waals surface area contributed by atoms with Crippen molar-refractivity contribution in [3.05, 3.63) is 0 Å². The van der Waals surface area contributed by atoms with Crippen LogP contribution in [0.3, 0.4) is 0 Å². The lowest BCUT2D eigenvalue weighted by Gasteiger charge is -2.30. The minimum atomic E-state index is -5.58. The van der Waals surface area contributed by atoms with Crippen LogP contribution in [0.1, 0.15) is 13.8 Å². The molecule has 4 unspecified atom stereocenters. The lowest BCUT2D eigenvalue weighted by Crippen LogP contribution is -2.52. The van der Waals surface area contributed by atoms with E-state index in [2.05, 4.69) is 31.7 Å². The molecular weight excluding hydrogens is 532 g/mol. The van der Waals surface area contributed by atoms with Crippen molar-refractivity contribution in [3.8, 4) is 0 Å². The lowest BCUT2D eigenvalue weighted by atomic mass is 10.0. The summed E-state index contributed by atoms with van der Waals surface area (Å²) < 4.78 is 76.2. The molecule has 0 aromatic heterocycles. The minimum absolute atomic E-state index is 0.364. The van der Waals surface area contributed by atoms with E-state index in [4.69, 9.17) is 4.89 Å². The van der Waals surface area contributed by atoms with Crippen molar-refractivity contribution in [2.45, 2.75) is 38.3 Å². The second kappa shape index (κ2) is 11.7. The Morgan fingerprint density at radius 2 is 1.66 bits per heavy atom. The SMILES string of the molecule is CCOC(=O)[C@@H](OP(=O)(O)O[PH](=O)O)[C@H](O)[C@@H]1OP(=O)(O)OP(=O)(O)O[C@H]1C(=O)OCC. The van der Waals surface area contributed by atoms with Crippen LogP contribution in [-0.2, 0) is 59.5 Å². The van der Waals surface area contributed by atoms with Crippen LogP contribution in [0, 0.1) is 0 Å². The molecule has 1 saturated heterocycles. The molecule has 0 saturated carbocycles. The Labute approximate surface area is 180 Å². The predicted molar refractivity (Wildman–Crippen MR) is 96.8 cm³/mol. The van der Waals surface area contributed by atoms with Crippen LogP contribution in [0.5, 0.6) is 0 Å². The third-order valence-corrected chi connectivity index (χ3v) is 7.83. The summed E-state index contributed by atoms with van der Waals surface area (Å²) in [4.78, 5) is 61.6. The number of hydrogen-bond acceptors (Lipinski definition) is 14. The molecule has 0 amide bonds. The Kier molecular flexibility index (Phi) is 10.8. The Morgan fingerprint density at radius 1 is 1.12 bits per heavy atom. The molecule has 0 spiro atoms. The lowest BCUT2D eigenvalue weighted by molar-refractivity contribution is -0.173. The fraction of sp³-hybridized carbons (Fsp3) is 0.800. The van der Waals surface area contributed by atoms with Gasteiger partial charge in [-0.05, 0) is 13.8 Å². The average Bonchev–Trinajstić information content (AvgIpc) is 2.70. The molecule has 0 bridgehead atoms.